The van der Waals surface area contributed by atoms with Gasteiger partial charge >= 0.3 is 19.8 Å². The van der Waals surface area contributed by atoms with Crippen LogP contribution in [0.2, 0.25) is 0 Å². The molecule has 0 amide bonds. The van der Waals surface area contributed by atoms with Crippen LogP contribution in [0.15, 0.2) is 85.1 Å². The van der Waals surface area contributed by atoms with Crippen molar-refractivity contribution in [1.82, 2.24) is 0 Å². The molecular formula is C49H79O14P. The van der Waals surface area contributed by atoms with E-state index >= 15 is 0 Å². The van der Waals surface area contributed by atoms with Gasteiger partial charge in [0.15, 0.2) is 11.9 Å². The molecule has 8 atom stereocenters. The van der Waals surface area contributed by atoms with Crippen molar-refractivity contribution in [3.05, 3.63) is 85.1 Å². The minimum Gasteiger partial charge on any atom is -0.462 e. The number of rotatable bonds is 37. The van der Waals surface area contributed by atoms with Gasteiger partial charge in [-0.25, -0.2) is 4.57 Å². The van der Waals surface area contributed by atoms with Gasteiger partial charge in [0.05, 0.1) is 6.61 Å². The average Bonchev–Trinajstić information content (AvgIpc) is 3.27. The zero-order valence-corrected chi connectivity index (χ0v) is 39.2. The van der Waals surface area contributed by atoms with E-state index in [0.717, 1.165) is 64.2 Å². The Bertz CT molecular complexity index is 1500. The lowest BCUT2D eigenvalue weighted by atomic mass is 9.85. The summed E-state index contributed by atoms with van der Waals surface area (Å²) < 4.78 is 33.3. The van der Waals surface area contributed by atoms with E-state index < -0.39 is 75.7 Å². The smallest absolute Gasteiger partial charge is 0.462 e. The number of hydrogen-bond donors (Lipinski definition) is 6. The van der Waals surface area contributed by atoms with Crippen molar-refractivity contribution in [3.63, 3.8) is 0 Å². The van der Waals surface area contributed by atoms with Crippen molar-refractivity contribution in [2.24, 2.45) is 0 Å². The lowest BCUT2D eigenvalue weighted by molar-refractivity contribution is -0.220. The summed E-state index contributed by atoms with van der Waals surface area (Å²) in [6.45, 7) is 3.01. The second-order valence-electron chi connectivity index (χ2n) is 15.9. The quantitative estimate of drug-likeness (QED) is 0.00859. The molecule has 1 fully saturated rings. The normalized spacial score (nSPS) is 22.2. The zero-order valence-electron chi connectivity index (χ0n) is 38.3. The topological polar surface area (TPSA) is 227 Å². The molecule has 0 aliphatic heterocycles. The molecule has 14 nitrogen and oxygen atoms in total. The van der Waals surface area contributed by atoms with E-state index in [-0.39, 0.29) is 31.5 Å². The molecule has 0 saturated heterocycles. The number of hydrogen-bond acceptors (Lipinski definition) is 13. The SMILES string of the molecule is CCCCC/C=C\C/C=C\C/C=C\C=C\C(=O)CCCC(=O)O[C@H](COC(=O)CCCCCC/C=C\C/C=C\C/C=C\CCCCC)COP(=O)(O)OC1[C@H](O)[C@H](O)C(O)[C@H](O)[C@H]1O. The summed E-state index contributed by atoms with van der Waals surface area (Å²) in [6.07, 6.45) is 32.0. The highest BCUT2D eigenvalue weighted by Gasteiger charge is 2.51. The molecule has 1 saturated carbocycles. The Labute approximate surface area is 382 Å². The fraction of sp³-hybridized carbons (Fsp3) is 0.653. The number of unbranched alkanes of at least 4 members (excludes halogenated alkanes) is 10. The number of aliphatic hydroxyl groups is 5. The number of carbonyl (C=O) groups is 3. The highest BCUT2D eigenvalue weighted by Crippen LogP contribution is 2.47. The Morgan fingerprint density at radius 3 is 1.55 bits per heavy atom. The van der Waals surface area contributed by atoms with Gasteiger partial charge in [0.1, 0.15) is 43.2 Å². The maximum Gasteiger partial charge on any atom is 0.472 e. The predicted octanol–water partition coefficient (Wildman–Crippen LogP) is 8.46. The summed E-state index contributed by atoms with van der Waals surface area (Å²) in [6, 6.07) is 0. The average molecular weight is 923 g/mol. The van der Waals surface area contributed by atoms with E-state index in [1.54, 1.807) is 12.2 Å². The molecule has 0 spiro atoms. The molecule has 0 aromatic heterocycles. The predicted molar refractivity (Wildman–Crippen MR) is 249 cm³/mol. The molecular weight excluding hydrogens is 843 g/mol. The molecule has 0 bridgehead atoms. The highest BCUT2D eigenvalue weighted by molar-refractivity contribution is 7.47. The van der Waals surface area contributed by atoms with Crippen LogP contribution >= 0.6 is 7.82 Å². The van der Waals surface area contributed by atoms with Crippen LogP contribution in [0.3, 0.4) is 0 Å². The third-order valence-corrected chi connectivity index (χ3v) is 11.2. The van der Waals surface area contributed by atoms with Crippen molar-refractivity contribution in [2.75, 3.05) is 13.2 Å². The third kappa shape index (κ3) is 30.0. The maximum absolute atomic E-state index is 12.8. The zero-order chi connectivity index (χ0) is 47.3. The van der Waals surface area contributed by atoms with Gasteiger partial charge in [-0.3, -0.25) is 23.4 Å². The summed E-state index contributed by atoms with van der Waals surface area (Å²) in [4.78, 5) is 48.0. The number of phosphoric acid groups is 1. The number of allylic oxidation sites excluding steroid dienone is 14. The second-order valence-corrected chi connectivity index (χ2v) is 17.3. The van der Waals surface area contributed by atoms with Crippen molar-refractivity contribution in [2.45, 2.75) is 191 Å². The van der Waals surface area contributed by atoms with Gasteiger partial charge in [-0.1, -0.05) is 131 Å². The summed E-state index contributed by atoms with van der Waals surface area (Å²) in [5.74, 6) is -1.60. The van der Waals surface area contributed by atoms with Crippen LogP contribution in [0.25, 0.3) is 0 Å². The third-order valence-electron chi connectivity index (χ3n) is 10.2. The Balaban J connectivity index is 2.58. The van der Waals surface area contributed by atoms with E-state index in [1.807, 2.05) is 12.2 Å². The molecule has 15 heteroatoms. The molecule has 0 radical (unpaired) electrons. The van der Waals surface area contributed by atoms with E-state index in [2.05, 4.69) is 68.5 Å². The van der Waals surface area contributed by atoms with E-state index in [4.69, 9.17) is 18.5 Å². The van der Waals surface area contributed by atoms with Crippen LogP contribution < -0.4 is 0 Å². The van der Waals surface area contributed by atoms with E-state index in [9.17, 15) is 49.4 Å². The van der Waals surface area contributed by atoms with Crippen LogP contribution in [0.1, 0.15) is 149 Å². The monoisotopic (exact) mass is 923 g/mol. The number of esters is 2. The van der Waals surface area contributed by atoms with Gasteiger partial charge in [0.2, 0.25) is 0 Å². The summed E-state index contributed by atoms with van der Waals surface area (Å²) in [5.41, 5.74) is 0. The first-order valence-corrected chi connectivity index (χ1v) is 24.8. The molecule has 0 aromatic carbocycles. The van der Waals surface area contributed by atoms with E-state index in [1.165, 1.54) is 44.6 Å². The fourth-order valence-corrected chi connectivity index (χ4v) is 7.34. The maximum atomic E-state index is 12.8. The van der Waals surface area contributed by atoms with Crippen molar-refractivity contribution < 1.29 is 67.9 Å². The molecule has 1 rings (SSSR count). The van der Waals surface area contributed by atoms with Crippen LogP contribution in [0, 0.1) is 0 Å². The largest absolute Gasteiger partial charge is 0.472 e. The molecule has 1 aliphatic rings. The van der Waals surface area contributed by atoms with Gasteiger partial charge in [-0.2, -0.15) is 0 Å². The molecule has 6 N–H and O–H groups in total. The fourth-order valence-electron chi connectivity index (χ4n) is 6.36. The Hall–Kier alpha value is -3.30. The van der Waals surface area contributed by atoms with Gasteiger partial charge in [0.25, 0.3) is 0 Å². The second kappa shape index (κ2) is 37.9. The van der Waals surface area contributed by atoms with Crippen molar-refractivity contribution in [3.8, 4) is 0 Å². The molecule has 0 heterocycles. The number of aliphatic hydroxyl groups excluding tert-OH is 5. The first-order valence-electron chi connectivity index (χ1n) is 23.3. The van der Waals surface area contributed by atoms with Crippen LogP contribution in [0.4, 0.5) is 0 Å². The minimum absolute atomic E-state index is 0.0448. The summed E-state index contributed by atoms with van der Waals surface area (Å²) in [7, 11) is -5.20. The molecule has 3 unspecified atom stereocenters. The van der Waals surface area contributed by atoms with Gasteiger partial charge in [-0.15, -0.1) is 0 Å². The summed E-state index contributed by atoms with van der Waals surface area (Å²) in [5, 5.41) is 50.1. The Morgan fingerprint density at radius 1 is 0.531 bits per heavy atom. The minimum atomic E-state index is -5.20. The number of ether oxygens (including phenoxy) is 2. The van der Waals surface area contributed by atoms with Crippen LogP contribution in [-0.2, 0) is 37.5 Å². The first kappa shape index (κ1) is 58.7. The molecule has 364 valence electrons. The van der Waals surface area contributed by atoms with Crippen LogP contribution in [-0.4, -0.2) is 104 Å². The number of ketones is 1. The summed E-state index contributed by atoms with van der Waals surface area (Å²) >= 11 is 0. The van der Waals surface area contributed by atoms with Crippen molar-refractivity contribution >= 4 is 25.5 Å². The standard InChI is InChI=1S/C49H79O14P/c1-3-5-7-9-11-13-15-17-18-19-20-22-24-26-28-30-32-36-42(51)60-38-41(39-61-64(58,59)63-49-47(56)45(54)44(53)46(55)48(49)57)62-43(52)37-33-35-40(50)34-31-29-27-25-23-21-16-14-12-10-8-6-4-2/h11-14,17-18,20-23,27,29,31,34,41,44-49,53-57H,3-10,15-16,19,24-26,28,30,32-33,35-39H2,1-2H3,(H,58,59)/b13-11-,14-12-,18-17-,22-20-,23-21-,29-27-,34-31+/t41-,44?,45-,46+,47-,48-,49?/m1/s1. The highest BCUT2D eigenvalue weighted by atomic mass is 31.2. The van der Waals surface area contributed by atoms with E-state index in [0.29, 0.717) is 6.42 Å². The number of phosphoric ester groups is 1. The molecule has 0 aromatic rings. The van der Waals surface area contributed by atoms with Gasteiger partial charge < -0.3 is 39.9 Å². The molecule has 1 aliphatic carbocycles. The van der Waals surface area contributed by atoms with Gasteiger partial charge in [0, 0.05) is 19.3 Å². The Kier molecular flexibility index (Phi) is 34.7. The molecule has 64 heavy (non-hydrogen) atoms. The first-order chi connectivity index (χ1) is 30.8. The van der Waals surface area contributed by atoms with Crippen LogP contribution in [0.5, 0.6) is 0 Å². The lowest BCUT2D eigenvalue weighted by Crippen LogP contribution is -2.64. The lowest BCUT2D eigenvalue weighted by Gasteiger charge is -2.41. The van der Waals surface area contributed by atoms with Gasteiger partial charge in [-0.05, 0) is 83.1 Å². The Morgan fingerprint density at radius 2 is 1.00 bits per heavy atom. The number of carbonyl (C=O) groups excluding carboxylic acids is 3. The van der Waals surface area contributed by atoms with Crippen molar-refractivity contribution in [1.29, 1.82) is 0 Å².